The van der Waals surface area contributed by atoms with Crippen molar-refractivity contribution in [3.05, 3.63) is 44.3 Å². The third-order valence-electron chi connectivity index (χ3n) is 6.30. The molecule has 0 aliphatic heterocycles. The van der Waals surface area contributed by atoms with Gasteiger partial charge in [-0.25, -0.2) is 9.78 Å². The van der Waals surface area contributed by atoms with Crippen LogP contribution in [0.15, 0.2) is 27.5 Å². The van der Waals surface area contributed by atoms with E-state index in [0.29, 0.717) is 46.9 Å². The van der Waals surface area contributed by atoms with E-state index < -0.39 is 23.5 Å². The van der Waals surface area contributed by atoms with E-state index in [9.17, 15) is 18.0 Å². The molecule has 4 rings (SSSR count). The predicted molar refractivity (Wildman–Crippen MR) is 120 cm³/mol. The van der Waals surface area contributed by atoms with Crippen molar-refractivity contribution in [2.75, 3.05) is 7.11 Å². The van der Waals surface area contributed by atoms with Crippen molar-refractivity contribution < 1.29 is 27.2 Å². The number of aromatic nitrogens is 3. The lowest BCUT2D eigenvalue weighted by molar-refractivity contribution is -0.199. The molecule has 0 amide bonds. The third kappa shape index (κ3) is 4.45. The van der Waals surface area contributed by atoms with Crippen molar-refractivity contribution in [2.45, 2.75) is 70.1 Å². The quantitative estimate of drug-likeness (QED) is 0.424. The molecule has 1 aliphatic carbocycles. The summed E-state index contributed by atoms with van der Waals surface area (Å²) in [6.45, 7) is 3.65. The molecule has 2 heterocycles. The maximum atomic E-state index is 14.2. The van der Waals surface area contributed by atoms with Crippen LogP contribution in [0.1, 0.15) is 67.1 Å². The number of halogens is 3. The number of alkyl halides is 3. The molecule has 0 spiro atoms. The summed E-state index contributed by atoms with van der Waals surface area (Å²) in [5.74, 6) is 0.399. The first-order valence-corrected chi connectivity index (χ1v) is 12.0. The van der Waals surface area contributed by atoms with Crippen LogP contribution < -0.4 is 15.2 Å². The monoisotopic (exact) mass is 497 g/mol. The first kappa shape index (κ1) is 24.3. The van der Waals surface area contributed by atoms with Crippen LogP contribution in [0.25, 0.3) is 11.4 Å². The van der Waals surface area contributed by atoms with Gasteiger partial charge in [-0.05, 0) is 38.3 Å². The second-order valence-electron chi connectivity index (χ2n) is 8.43. The number of H-pyrrole nitrogens is 1. The molecule has 1 N–H and O–H groups in total. The number of aryl methyl sites for hydroxylation is 1. The summed E-state index contributed by atoms with van der Waals surface area (Å²) < 4.78 is 58.8. The summed E-state index contributed by atoms with van der Waals surface area (Å²) >= 11 is 1.11. The van der Waals surface area contributed by atoms with Gasteiger partial charge >= 0.3 is 11.9 Å². The van der Waals surface area contributed by atoms with E-state index in [1.807, 2.05) is 6.92 Å². The Labute approximate surface area is 198 Å². The molecule has 2 aromatic heterocycles. The number of methoxy groups -OCH3 is 1. The summed E-state index contributed by atoms with van der Waals surface area (Å²) in [6.07, 6.45) is -2.22. The highest BCUT2D eigenvalue weighted by atomic mass is 32.1. The highest BCUT2D eigenvalue weighted by molar-refractivity contribution is 7.12. The Bertz CT molecular complexity index is 1190. The third-order valence-corrected chi connectivity index (χ3v) is 7.76. The minimum absolute atomic E-state index is 0.0728. The lowest BCUT2D eigenvalue weighted by Crippen LogP contribution is -2.43. The average Bonchev–Trinajstić information content (AvgIpc) is 3.42. The molecule has 1 saturated carbocycles. The van der Waals surface area contributed by atoms with Crippen molar-refractivity contribution in [3.8, 4) is 22.9 Å². The van der Waals surface area contributed by atoms with Gasteiger partial charge in [-0.2, -0.15) is 13.2 Å². The summed E-state index contributed by atoms with van der Waals surface area (Å²) in [4.78, 5) is 18.9. The highest BCUT2D eigenvalue weighted by Gasteiger charge is 2.57. The van der Waals surface area contributed by atoms with Crippen LogP contribution >= 0.6 is 11.3 Å². The molecule has 7 nitrogen and oxygen atoms in total. The van der Waals surface area contributed by atoms with Gasteiger partial charge in [-0.15, -0.1) is 11.3 Å². The number of rotatable bonds is 7. The van der Waals surface area contributed by atoms with Gasteiger partial charge in [-0.3, -0.25) is 9.51 Å². The molecule has 0 radical (unpaired) electrons. The fourth-order valence-electron chi connectivity index (χ4n) is 4.46. The Morgan fingerprint density at radius 3 is 2.59 bits per heavy atom. The number of ether oxygens (including phenoxy) is 2. The van der Waals surface area contributed by atoms with E-state index in [2.05, 4.69) is 19.6 Å². The van der Waals surface area contributed by atoms with Crippen LogP contribution in [-0.4, -0.2) is 28.4 Å². The number of nitrogens with one attached hydrogen (secondary N) is 1. The minimum Gasteiger partial charge on any atom is -0.496 e. The number of hydrogen-bond donors (Lipinski definition) is 1. The summed E-state index contributed by atoms with van der Waals surface area (Å²) in [6, 6.07) is 4.99. The fourth-order valence-corrected chi connectivity index (χ4v) is 5.90. The zero-order chi connectivity index (χ0) is 24.5. The molecular formula is C23H26F3N3O4S. The maximum absolute atomic E-state index is 14.2. The number of hydrogen-bond acceptors (Lipinski definition) is 7. The lowest BCUT2D eigenvalue weighted by atomic mass is 9.74. The van der Waals surface area contributed by atoms with Crippen LogP contribution in [0.2, 0.25) is 0 Å². The van der Waals surface area contributed by atoms with E-state index in [1.54, 1.807) is 25.1 Å². The topological polar surface area (TPSA) is 90.2 Å². The fraction of sp³-hybridized carbons (Fsp3) is 0.522. The molecular weight excluding hydrogens is 471 g/mol. The van der Waals surface area contributed by atoms with Gasteiger partial charge in [-0.1, -0.05) is 31.3 Å². The highest BCUT2D eigenvalue weighted by Crippen LogP contribution is 2.52. The summed E-state index contributed by atoms with van der Waals surface area (Å²) in [5.41, 5.74) is -0.810. The Hall–Kier alpha value is -2.82. The molecule has 1 aromatic carbocycles. The van der Waals surface area contributed by atoms with Gasteiger partial charge in [0.05, 0.1) is 23.2 Å². The number of benzene rings is 1. The van der Waals surface area contributed by atoms with Gasteiger partial charge in [0.1, 0.15) is 28.0 Å². The largest absolute Gasteiger partial charge is 0.496 e. The predicted octanol–water partition coefficient (Wildman–Crippen LogP) is 6.10. The van der Waals surface area contributed by atoms with Crippen molar-refractivity contribution in [1.29, 1.82) is 0 Å². The molecule has 1 aliphatic rings. The zero-order valence-corrected chi connectivity index (χ0v) is 19.9. The van der Waals surface area contributed by atoms with Crippen LogP contribution in [0.3, 0.4) is 0 Å². The Kier molecular flexibility index (Phi) is 6.75. The van der Waals surface area contributed by atoms with E-state index in [1.165, 1.54) is 7.11 Å². The van der Waals surface area contributed by atoms with Gasteiger partial charge < -0.3 is 9.47 Å². The normalized spacial score (nSPS) is 16.9. The summed E-state index contributed by atoms with van der Waals surface area (Å²) in [7, 11) is 1.47. The first-order chi connectivity index (χ1) is 16.2. The van der Waals surface area contributed by atoms with Crippen molar-refractivity contribution in [2.24, 2.45) is 0 Å². The molecule has 0 saturated heterocycles. The van der Waals surface area contributed by atoms with Crippen LogP contribution in [0, 0.1) is 6.92 Å². The maximum Gasteiger partial charge on any atom is 0.439 e. The number of aromatic amines is 1. The van der Waals surface area contributed by atoms with Gasteiger partial charge in [0.15, 0.2) is 5.82 Å². The molecule has 1 fully saturated rings. The molecule has 0 bridgehead atoms. The van der Waals surface area contributed by atoms with E-state index in [-0.39, 0.29) is 23.7 Å². The van der Waals surface area contributed by atoms with Crippen LogP contribution in [0.5, 0.6) is 11.5 Å². The van der Waals surface area contributed by atoms with E-state index in [0.717, 1.165) is 17.8 Å². The van der Waals surface area contributed by atoms with Crippen molar-refractivity contribution in [3.63, 3.8) is 0 Å². The molecule has 11 heteroatoms. The first-order valence-electron chi connectivity index (χ1n) is 11.1. The molecule has 34 heavy (non-hydrogen) atoms. The van der Waals surface area contributed by atoms with E-state index >= 15 is 0 Å². The van der Waals surface area contributed by atoms with Gasteiger partial charge in [0, 0.05) is 6.07 Å². The van der Waals surface area contributed by atoms with Crippen LogP contribution in [-0.2, 0) is 5.41 Å². The lowest BCUT2D eigenvalue weighted by Gasteiger charge is -2.37. The Morgan fingerprint density at radius 2 is 2.00 bits per heavy atom. The minimum atomic E-state index is -4.34. The molecule has 1 atom stereocenters. The van der Waals surface area contributed by atoms with Crippen molar-refractivity contribution >= 4 is 11.3 Å². The van der Waals surface area contributed by atoms with E-state index in [4.69, 9.17) is 9.47 Å². The van der Waals surface area contributed by atoms with Gasteiger partial charge in [0.2, 0.25) is 0 Å². The van der Waals surface area contributed by atoms with Gasteiger partial charge in [0.25, 0.3) is 0 Å². The Morgan fingerprint density at radius 1 is 1.26 bits per heavy atom. The molecule has 1 unspecified atom stereocenters. The van der Waals surface area contributed by atoms with Crippen molar-refractivity contribution in [1.82, 2.24) is 15.1 Å². The summed E-state index contributed by atoms with van der Waals surface area (Å²) in [5, 5.41) is 3.81. The molecule has 3 aromatic rings. The average molecular weight is 498 g/mol. The second kappa shape index (κ2) is 9.44. The smallest absolute Gasteiger partial charge is 0.439 e. The van der Waals surface area contributed by atoms with Crippen LogP contribution in [0.4, 0.5) is 13.2 Å². The Balaban J connectivity index is 1.64. The second-order valence-corrected chi connectivity index (χ2v) is 9.46. The molecule has 184 valence electrons. The number of thiazole rings is 1. The SMILES string of the molecule is CCC(Oc1ccc(-c2noc(=O)[nH]2)c(OC)c1)c1sc(C2(C(F)(F)F)CCCCC2)nc1C. The zero-order valence-electron chi connectivity index (χ0n) is 19.1. The number of nitrogens with zero attached hydrogens (tertiary/aromatic N) is 2. The standard InChI is InChI=1S/C23H26F3N3O4S/c1-4-16(32-14-8-9-15(17(12-14)31-3)19-28-21(30)33-29-19)18-13(2)27-20(34-18)22(23(24,25)26)10-6-5-7-11-22/h8-9,12,16H,4-7,10-11H2,1-3H3,(H,28,29,30).